The molecule has 0 spiro atoms. The van der Waals surface area contributed by atoms with Gasteiger partial charge in [-0.15, -0.1) is 0 Å². The molecule has 0 bridgehead atoms. The van der Waals surface area contributed by atoms with Crippen molar-refractivity contribution in [2.75, 3.05) is 18.4 Å². The van der Waals surface area contributed by atoms with Crippen LogP contribution in [0.5, 0.6) is 0 Å². The van der Waals surface area contributed by atoms with Gasteiger partial charge in [-0.1, -0.05) is 18.2 Å². The summed E-state index contributed by atoms with van der Waals surface area (Å²) in [6.45, 7) is 3.24. The molecule has 1 aromatic heterocycles. The monoisotopic (exact) mass is 353 g/mol. The van der Waals surface area contributed by atoms with Gasteiger partial charge in [0.05, 0.1) is 11.3 Å². The van der Waals surface area contributed by atoms with Gasteiger partial charge in [-0.3, -0.25) is 9.59 Å². The van der Waals surface area contributed by atoms with Gasteiger partial charge in [0.25, 0.3) is 11.8 Å². The van der Waals surface area contributed by atoms with E-state index in [-0.39, 0.29) is 17.3 Å². The highest BCUT2D eigenvalue weighted by Gasteiger charge is 2.24. The third-order valence-corrected chi connectivity index (χ3v) is 4.33. The summed E-state index contributed by atoms with van der Waals surface area (Å²) >= 11 is 0. The number of nitrogens with one attached hydrogen (secondary N) is 1. The number of nitrogens with zero attached hydrogens (tertiary/aromatic N) is 2. The van der Waals surface area contributed by atoms with Crippen LogP contribution < -0.4 is 5.32 Å². The third-order valence-electron chi connectivity index (χ3n) is 4.33. The number of anilines is 1. The summed E-state index contributed by atoms with van der Waals surface area (Å²) in [6, 6.07) is 9.44. The summed E-state index contributed by atoms with van der Waals surface area (Å²) in [5, 5.41) is 11.7. The van der Waals surface area contributed by atoms with Crippen LogP contribution in [-0.4, -0.2) is 45.9 Å². The first-order valence-electron chi connectivity index (χ1n) is 8.38. The first kappa shape index (κ1) is 17.6. The van der Waals surface area contributed by atoms with Gasteiger partial charge >= 0.3 is 5.97 Å². The van der Waals surface area contributed by atoms with Crippen LogP contribution >= 0.6 is 0 Å². The highest BCUT2D eigenvalue weighted by atomic mass is 16.4. The number of aromatic carboxylic acids is 1. The number of amides is 2. The number of carbonyl (C=O) groups excluding carboxylic acids is 2. The lowest BCUT2D eigenvalue weighted by Crippen LogP contribution is -2.29. The van der Waals surface area contributed by atoms with Crippen molar-refractivity contribution in [2.45, 2.75) is 19.8 Å². The van der Waals surface area contributed by atoms with Crippen LogP contribution in [0.1, 0.15) is 49.7 Å². The number of aryl methyl sites for hydroxylation is 1. The van der Waals surface area contributed by atoms with Crippen molar-refractivity contribution in [1.29, 1.82) is 0 Å². The molecular weight excluding hydrogens is 334 g/mol. The maximum Gasteiger partial charge on any atom is 0.354 e. The molecule has 1 saturated heterocycles. The number of pyridine rings is 1. The van der Waals surface area contributed by atoms with Crippen LogP contribution in [0, 0.1) is 6.92 Å². The molecule has 134 valence electrons. The van der Waals surface area contributed by atoms with Crippen molar-refractivity contribution in [1.82, 2.24) is 9.88 Å². The maximum absolute atomic E-state index is 12.8. The molecule has 1 aromatic carbocycles. The highest BCUT2D eigenvalue weighted by molar-refractivity contribution is 6.09. The minimum atomic E-state index is -1.21. The molecule has 2 N–H and O–H groups in total. The van der Waals surface area contributed by atoms with Crippen molar-refractivity contribution < 1.29 is 19.5 Å². The number of carboxylic acid groups (broad SMARTS) is 1. The molecule has 0 saturated carbocycles. The Morgan fingerprint density at radius 1 is 1.04 bits per heavy atom. The van der Waals surface area contributed by atoms with Crippen LogP contribution in [0.25, 0.3) is 0 Å². The van der Waals surface area contributed by atoms with Gasteiger partial charge in [-0.25, -0.2) is 9.78 Å². The molecule has 0 atom stereocenters. The standard InChI is InChI=1S/C19H19N3O4/c1-12-6-4-7-13(16(12)18(24)22-10-2-3-11-22)21-17(23)14-8-5-9-15(20-14)19(25)26/h4-9H,2-3,10-11H2,1H3,(H,21,23)(H,25,26). The molecule has 26 heavy (non-hydrogen) atoms. The van der Waals surface area contributed by atoms with Crippen molar-refractivity contribution >= 4 is 23.5 Å². The summed E-state index contributed by atoms with van der Waals surface area (Å²) in [7, 11) is 0. The van der Waals surface area contributed by atoms with Gasteiger partial charge in [0, 0.05) is 13.1 Å². The Balaban J connectivity index is 1.89. The van der Waals surface area contributed by atoms with E-state index in [1.54, 1.807) is 17.0 Å². The van der Waals surface area contributed by atoms with Crippen LogP contribution in [0.4, 0.5) is 5.69 Å². The zero-order valence-electron chi connectivity index (χ0n) is 14.4. The minimum absolute atomic E-state index is 0.0222. The van der Waals surface area contributed by atoms with Gasteiger partial charge in [-0.2, -0.15) is 0 Å². The number of carboxylic acids is 1. The first-order valence-corrected chi connectivity index (χ1v) is 8.38. The minimum Gasteiger partial charge on any atom is -0.477 e. The second-order valence-electron chi connectivity index (χ2n) is 6.16. The van der Waals surface area contributed by atoms with E-state index in [4.69, 9.17) is 5.11 Å². The Hall–Kier alpha value is -3.22. The summed E-state index contributed by atoms with van der Waals surface area (Å²) in [6.07, 6.45) is 1.95. The van der Waals surface area contributed by atoms with Gasteiger partial charge in [0.15, 0.2) is 0 Å². The molecule has 2 heterocycles. The maximum atomic E-state index is 12.8. The molecule has 2 amide bonds. The quantitative estimate of drug-likeness (QED) is 0.880. The average molecular weight is 353 g/mol. The molecular formula is C19H19N3O4. The molecule has 3 rings (SSSR count). The topological polar surface area (TPSA) is 99.6 Å². The van der Waals surface area contributed by atoms with E-state index >= 15 is 0 Å². The van der Waals surface area contributed by atoms with Gasteiger partial charge < -0.3 is 15.3 Å². The Labute approximate surface area is 150 Å². The van der Waals surface area contributed by atoms with Crippen molar-refractivity contribution in [2.24, 2.45) is 0 Å². The van der Waals surface area contributed by atoms with E-state index < -0.39 is 11.9 Å². The Morgan fingerprint density at radius 2 is 1.69 bits per heavy atom. The number of rotatable bonds is 4. The fourth-order valence-electron chi connectivity index (χ4n) is 3.00. The molecule has 1 aliphatic rings. The number of hydrogen-bond donors (Lipinski definition) is 2. The normalized spacial score (nSPS) is 13.5. The summed E-state index contributed by atoms with van der Waals surface area (Å²) in [5.41, 5.74) is 1.39. The lowest BCUT2D eigenvalue weighted by atomic mass is 10.0. The molecule has 1 fully saturated rings. The SMILES string of the molecule is Cc1cccc(NC(=O)c2cccc(C(=O)O)n2)c1C(=O)N1CCCC1. The van der Waals surface area contributed by atoms with E-state index in [2.05, 4.69) is 10.3 Å². The average Bonchev–Trinajstić information content (AvgIpc) is 3.16. The smallest absolute Gasteiger partial charge is 0.354 e. The zero-order valence-corrected chi connectivity index (χ0v) is 14.4. The number of benzene rings is 1. The van der Waals surface area contributed by atoms with Crippen molar-refractivity contribution in [3.05, 3.63) is 58.9 Å². The van der Waals surface area contributed by atoms with E-state index in [9.17, 15) is 14.4 Å². The largest absolute Gasteiger partial charge is 0.477 e. The summed E-state index contributed by atoms with van der Waals surface area (Å²) in [4.78, 5) is 42.0. The number of carbonyl (C=O) groups is 3. The van der Waals surface area contributed by atoms with E-state index in [1.165, 1.54) is 18.2 Å². The van der Waals surface area contributed by atoms with Crippen LogP contribution in [0.15, 0.2) is 36.4 Å². The lowest BCUT2D eigenvalue weighted by Gasteiger charge is -2.19. The van der Waals surface area contributed by atoms with Crippen LogP contribution in [0.3, 0.4) is 0 Å². The molecule has 1 aliphatic heterocycles. The van der Waals surface area contributed by atoms with E-state index in [1.807, 2.05) is 13.0 Å². The van der Waals surface area contributed by atoms with E-state index in [0.717, 1.165) is 18.4 Å². The summed E-state index contributed by atoms with van der Waals surface area (Å²) < 4.78 is 0. The van der Waals surface area contributed by atoms with Gasteiger partial charge in [-0.05, 0) is 43.5 Å². The number of likely N-dealkylation sites (tertiary alicyclic amines) is 1. The Bertz CT molecular complexity index is 873. The van der Waals surface area contributed by atoms with Crippen molar-refractivity contribution in [3.63, 3.8) is 0 Å². The number of hydrogen-bond acceptors (Lipinski definition) is 4. The van der Waals surface area contributed by atoms with E-state index in [0.29, 0.717) is 24.3 Å². The predicted octanol–water partition coefficient (Wildman–Crippen LogP) is 2.58. The molecule has 2 aromatic rings. The molecule has 0 aliphatic carbocycles. The molecule has 0 radical (unpaired) electrons. The van der Waals surface area contributed by atoms with Crippen LogP contribution in [0.2, 0.25) is 0 Å². The lowest BCUT2D eigenvalue weighted by molar-refractivity contribution is 0.0689. The molecule has 7 heteroatoms. The second-order valence-corrected chi connectivity index (χ2v) is 6.16. The first-order chi connectivity index (χ1) is 12.5. The molecule has 0 unspecified atom stereocenters. The number of aromatic nitrogens is 1. The molecule has 7 nitrogen and oxygen atoms in total. The predicted molar refractivity (Wildman–Crippen MR) is 95.5 cm³/mol. The second kappa shape index (κ2) is 7.35. The summed E-state index contributed by atoms with van der Waals surface area (Å²) in [5.74, 6) is -1.88. The fraction of sp³-hybridized carbons (Fsp3) is 0.263. The third kappa shape index (κ3) is 3.56. The van der Waals surface area contributed by atoms with Gasteiger partial charge in [0.1, 0.15) is 11.4 Å². The zero-order chi connectivity index (χ0) is 18.7. The Morgan fingerprint density at radius 3 is 2.38 bits per heavy atom. The highest BCUT2D eigenvalue weighted by Crippen LogP contribution is 2.24. The van der Waals surface area contributed by atoms with Crippen LogP contribution in [-0.2, 0) is 0 Å². The van der Waals surface area contributed by atoms with Gasteiger partial charge in [0.2, 0.25) is 0 Å². The van der Waals surface area contributed by atoms with Crippen molar-refractivity contribution in [3.8, 4) is 0 Å². The Kier molecular flexibility index (Phi) is 4.97. The fourth-order valence-corrected chi connectivity index (χ4v) is 3.00.